The number of carbonyl (C=O) groups is 1. The van der Waals surface area contributed by atoms with E-state index in [2.05, 4.69) is 5.32 Å². The van der Waals surface area contributed by atoms with Crippen molar-refractivity contribution >= 4 is 28.1 Å². The van der Waals surface area contributed by atoms with Gasteiger partial charge >= 0.3 is 11.8 Å². The quantitative estimate of drug-likeness (QED) is 0.443. The van der Waals surface area contributed by atoms with Gasteiger partial charge in [-0.25, -0.2) is 4.79 Å². The average molecular weight is 429 g/mol. The lowest BCUT2D eigenvalue weighted by atomic mass is 9.99. The predicted molar refractivity (Wildman–Crippen MR) is 110 cm³/mol. The van der Waals surface area contributed by atoms with Crippen molar-refractivity contribution in [2.24, 2.45) is 0 Å². The molecule has 0 aliphatic carbocycles. The number of nitrogens with one attached hydrogen (secondary N) is 1. The first kappa shape index (κ1) is 20.7. The van der Waals surface area contributed by atoms with Crippen molar-refractivity contribution in [1.82, 2.24) is 0 Å². The first-order chi connectivity index (χ1) is 14.7. The molecule has 31 heavy (non-hydrogen) atoms. The second-order valence-corrected chi connectivity index (χ2v) is 7.28. The van der Waals surface area contributed by atoms with Crippen LogP contribution in [0.4, 0.5) is 18.9 Å². The van der Waals surface area contributed by atoms with Crippen LogP contribution in [0.5, 0.6) is 5.75 Å². The molecule has 4 rings (SSSR count). The van der Waals surface area contributed by atoms with Gasteiger partial charge in [0.15, 0.2) is 0 Å². The van der Waals surface area contributed by atoms with Gasteiger partial charge in [0, 0.05) is 34.8 Å². The molecule has 2 heterocycles. The molecule has 8 heteroatoms. The molecular weight excluding hydrogens is 411 g/mol. The largest absolute Gasteiger partial charge is 0.493 e. The van der Waals surface area contributed by atoms with Crippen LogP contribution in [0.3, 0.4) is 0 Å². The highest BCUT2D eigenvalue weighted by atomic mass is 19.4. The Bertz CT molecular complexity index is 1260. The number of alkyl halides is 3. The molecule has 1 amide bonds. The molecule has 0 fully saturated rings. The fourth-order valence-corrected chi connectivity index (χ4v) is 3.55. The number of halogens is 3. The first-order valence-corrected chi connectivity index (χ1v) is 9.61. The topological polar surface area (TPSA) is 68.5 Å². The summed E-state index contributed by atoms with van der Waals surface area (Å²) in [5, 5.41) is 3.46. The molecule has 2 aromatic carbocycles. The Balaban J connectivity index is 1.62. The van der Waals surface area contributed by atoms with Gasteiger partial charge in [-0.3, -0.25) is 4.79 Å². The zero-order valence-electron chi connectivity index (χ0n) is 16.5. The van der Waals surface area contributed by atoms with Gasteiger partial charge in [-0.2, -0.15) is 13.2 Å². The van der Waals surface area contributed by atoms with Crippen LogP contribution in [0.1, 0.15) is 29.5 Å². The van der Waals surface area contributed by atoms with E-state index in [1.807, 2.05) is 0 Å². The third-order valence-corrected chi connectivity index (χ3v) is 5.03. The van der Waals surface area contributed by atoms with Crippen molar-refractivity contribution in [1.29, 1.82) is 0 Å². The van der Waals surface area contributed by atoms with E-state index in [-0.39, 0.29) is 12.4 Å². The number of benzene rings is 2. The van der Waals surface area contributed by atoms with Crippen molar-refractivity contribution < 1.29 is 27.1 Å². The number of ether oxygens (including phenoxy) is 1. The van der Waals surface area contributed by atoms with Crippen molar-refractivity contribution in [3.05, 3.63) is 75.7 Å². The molecule has 0 bridgehead atoms. The van der Waals surface area contributed by atoms with Gasteiger partial charge < -0.3 is 14.5 Å². The minimum absolute atomic E-state index is 0.106. The monoisotopic (exact) mass is 429 g/mol. The van der Waals surface area contributed by atoms with Crippen molar-refractivity contribution in [2.45, 2.75) is 25.9 Å². The zero-order valence-corrected chi connectivity index (χ0v) is 16.5. The van der Waals surface area contributed by atoms with Crippen LogP contribution in [0, 0.1) is 6.92 Å². The second-order valence-electron chi connectivity index (χ2n) is 7.28. The van der Waals surface area contributed by atoms with E-state index in [4.69, 9.17) is 9.15 Å². The van der Waals surface area contributed by atoms with Gasteiger partial charge in [0.2, 0.25) is 5.91 Å². The maximum absolute atomic E-state index is 13.0. The van der Waals surface area contributed by atoms with E-state index in [1.165, 1.54) is 18.2 Å². The lowest BCUT2D eigenvalue weighted by Crippen LogP contribution is -2.09. The number of hydrogen-bond donors (Lipinski definition) is 1. The molecule has 160 valence electrons. The van der Waals surface area contributed by atoms with Gasteiger partial charge in [-0.1, -0.05) is 6.07 Å². The fraction of sp³-hybridized carbons (Fsp3) is 0.217. The highest BCUT2D eigenvalue weighted by molar-refractivity contribution is 6.05. The Hall–Kier alpha value is -3.55. The Morgan fingerprint density at radius 2 is 1.94 bits per heavy atom. The van der Waals surface area contributed by atoms with Crippen molar-refractivity contribution in [3.8, 4) is 5.75 Å². The van der Waals surface area contributed by atoms with E-state index >= 15 is 0 Å². The van der Waals surface area contributed by atoms with Crippen LogP contribution in [0.2, 0.25) is 0 Å². The summed E-state index contributed by atoms with van der Waals surface area (Å²) in [5.74, 6) is -0.341. The normalized spacial score (nSPS) is 15.3. The second kappa shape index (κ2) is 7.94. The number of rotatable bonds is 2. The standard InChI is InChI=1S/C23H18F3NO4/c1-13-9-22(29)31-20-12-16(5-7-17(13)20)27-21(28)10-14-3-2-8-30-19-11-15(23(24,25)26)4-6-18(14)19/h4-7,9-12H,2-3,8H2,1H3,(H,27,28)/b14-10+. The molecule has 0 unspecified atom stereocenters. The van der Waals surface area contributed by atoms with Crippen molar-refractivity contribution in [3.63, 3.8) is 0 Å². The van der Waals surface area contributed by atoms with E-state index in [9.17, 15) is 22.8 Å². The van der Waals surface area contributed by atoms with E-state index in [0.717, 1.165) is 23.1 Å². The summed E-state index contributed by atoms with van der Waals surface area (Å²) >= 11 is 0. The minimum atomic E-state index is -4.48. The molecule has 1 aliphatic rings. The van der Waals surface area contributed by atoms with Gasteiger partial charge in [0.05, 0.1) is 12.2 Å². The number of hydrogen-bond acceptors (Lipinski definition) is 4. The Kier molecular flexibility index (Phi) is 5.31. The van der Waals surface area contributed by atoms with Gasteiger partial charge in [0.25, 0.3) is 0 Å². The molecule has 0 radical (unpaired) electrons. The molecule has 0 spiro atoms. The summed E-state index contributed by atoms with van der Waals surface area (Å²) in [6.07, 6.45) is -2.07. The van der Waals surface area contributed by atoms with Crippen LogP contribution in [-0.2, 0) is 11.0 Å². The number of aryl methyl sites for hydroxylation is 1. The highest BCUT2D eigenvalue weighted by Crippen LogP contribution is 2.38. The van der Waals surface area contributed by atoms with Crippen LogP contribution < -0.4 is 15.7 Å². The van der Waals surface area contributed by atoms with Gasteiger partial charge in [-0.05, 0) is 55.2 Å². The summed E-state index contributed by atoms with van der Waals surface area (Å²) in [7, 11) is 0. The lowest BCUT2D eigenvalue weighted by molar-refractivity contribution is -0.137. The summed E-state index contributed by atoms with van der Waals surface area (Å²) in [5.41, 5.74) is 1.31. The molecule has 0 saturated carbocycles. The molecule has 3 aromatic rings. The minimum Gasteiger partial charge on any atom is -0.493 e. The molecule has 5 nitrogen and oxygen atoms in total. The summed E-state index contributed by atoms with van der Waals surface area (Å²) < 4.78 is 49.7. The number of anilines is 1. The molecule has 1 N–H and O–H groups in total. The maximum atomic E-state index is 13.0. The third-order valence-electron chi connectivity index (χ3n) is 5.03. The summed E-state index contributed by atoms with van der Waals surface area (Å²) in [4.78, 5) is 24.2. The molecule has 1 aromatic heterocycles. The van der Waals surface area contributed by atoms with Crippen LogP contribution in [0.15, 0.2) is 57.8 Å². The number of fused-ring (bicyclic) bond motifs is 2. The summed E-state index contributed by atoms with van der Waals surface area (Å²) in [6.45, 7) is 2.05. The Labute approximate surface area is 175 Å². The van der Waals surface area contributed by atoms with Gasteiger partial charge in [0.1, 0.15) is 11.3 Å². The van der Waals surface area contributed by atoms with E-state index in [0.29, 0.717) is 35.2 Å². The number of carbonyl (C=O) groups excluding carboxylic acids is 1. The molecule has 0 saturated heterocycles. The molecule has 1 aliphatic heterocycles. The van der Waals surface area contributed by atoms with Crippen LogP contribution >= 0.6 is 0 Å². The number of allylic oxidation sites excluding steroid dienone is 1. The van der Waals surface area contributed by atoms with Gasteiger partial charge in [-0.15, -0.1) is 0 Å². The maximum Gasteiger partial charge on any atom is 0.416 e. The smallest absolute Gasteiger partial charge is 0.416 e. The molecule has 0 atom stereocenters. The Morgan fingerprint density at radius 1 is 1.13 bits per heavy atom. The van der Waals surface area contributed by atoms with Crippen LogP contribution in [-0.4, -0.2) is 12.5 Å². The molecular formula is C23H18F3NO4. The zero-order chi connectivity index (χ0) is 22.2. The highest BCUT2D eigenvalue weighted by Gasteiger charge is 2.32. The fourth-order valence-electron chi connectivity index (χ4n) is 3.55. The van der Waals surface area contributed by atoms with Crippen molar-refractivity contribution in [2.75, 3.05) is 11.9 Å². The van der Waals surface area contributed by atoms with E-state index < -0.39 is 23.3 Å². The lowest BCUT2D eigenvalue weighted by Gasteiger charge is -2.13. The Morgan fingerprint density at radius 3 is 2.71 bits per heavy atom. The van der Waals surface area contributed by atoms with E-state index in [1.54, 1.807) is 25.1 Å². The third kappa shape index (κ3) is 4.47. The first-order valence-electron chi connectivity index (χ1n) is 9.61. The SMILES string of the molecule is Cc1cc(=O)oc2cc(NC(=O)/C=C3\CCCOc4cc(C(F)(F)F)ccc43)ccc12. The average Bonchev–Trinajstić information content (AvgIpc) is 2.88. The summed E-state index contributed by atoms with van der Waals surface area (Å²) in [6, 6.07) is 9.64. The van der Waals surface area contributed by atoms with Crippen LogP contribution in [0.25, 0.3) is 16.5 Å². The number of amides is 1. The predicted octanol–water partition coefficient (Wildman–Crippen LogP) is 5.31.